The van der Waals surface area contributed by atoms with Crippen LogP contribution in [-0.4, -0.2) is 28.3 Å². The van der Waals surface area contributed by atoms with E-state index in [4.69, 9.17) is 15.9 Å². The van der Waals surface area contributed by atoms with Gasteiger partial charge in [-0.05, 0) is 6.08 Å². The molecular formula is C5H9NO3. The van der Waals surface area contributed by atoms with Crippen LogP contribution in [0.15, 0.2) is 12.7 Å². The fourth-order valence-electron chi connectivity index (χ4n) is 0.258. The summed E-state index contributed by atoms with van der Waals surface area (Å²) in [6, 6.07) is 0. The van der Waals surface area contributed by atoms with Crippen LogP contribution in [0.5, 0.6) is 0 Å². The maximum atomic E-state index is 10.1. The van der Waals surface area contributed by atoms with Crippen LogP contribution in [0.25, 0.3) is 0 Å². The molecule has 0 bridgehead atoms. The third-order valence-electron chi connectivity index (χ3n) is 1.02. The van der Waals surface area contributed by atoms with Crippen LogP contribution >= 0.6 is 0 Å². The Balaban J connectivity index is 4.27. The molecule has 0 saturated heterocycles. The zero-order valence-corrected chi connectivity index (χ0v) is 4.87. The number of carboxylic acid groups (broad SMARTS) is 1. The highest BCUT2D eigenvalue weighted by Crippen LogP contribution is 2.01. The van der Waals surface area contributed by atoms with Gasteiger partial charge in [0, 0.05) is 6.54 Å². The summed E-state index contributed by atoms with van der Waals surface area (Å²) >= 11 is 0. The van der Waals surface area contributed by atoms with E-state index in [1.165, 1.54) is 0 Å². The molecule has 1 atom stereocenters. The average Bonchev–Trinajstić information content (AvgIpc) is 1.86. The number of hydrogen-bond acceptors (Lipinski definition) is 3. The topological polar surface area (TPSA) is 83.5 Å². The van der Waals surface area contributed by atoms with Crippen LogP contribution in [0.2, 0.25) is 0 Å². The Morgan fingerprint density at radius 3 is 2.33 bits per heavy atom. The minimum absolute atomic E-state index is 0.355. The van der Waals surface area contributed by atoms with Crippen molar-refractivity contribution >= 4 is 5.97 Å². The highest BCUT2D eigenvalue weighted by atomic mass is 16.4. The molecule has 1 unspecified atom stereocenters. The van der Waals surface area contributed by atoms with Gasteiger partial charge in [0.1, 0.15) is 0 Å². The van der Waals surface area contributed by atoms with E-state index >= 15 is 0 Å². The van der Waals surface area contributed by atoms with Crippen LogP contribution in [-0.2, 0) is 4.79 Å². The smallest absolute Gasteiger partial charge is 0.341 e. The van der Waals surface area contributed by atoms with Gasteiger partial charge in [-0.3, -0.25) is 0 Å². The molecule has 0 aliphatic rings. The molecule has 0 aromatic rings. The molecular weight excluding hydrogens is 122 g/mol. The van der Waals surface area contributed by atoms with E-state index in [0.717, 1.165) is 6.08 Å². The zero-order valence-electron chi connectivity index (χ0n) is 4.87. The monoisotopic (exact) mass is 131 g/mol. The fourth-order valence-corrected chi connectivity index (χ4v) is 0.258. The van der Waals surface area contributed by atoms with Crippen molar-refractivity contribution in [2.45, 2.75) is 5.60 Å². The molecule has 52 valence electrons. The van der Waals surface area contributed by atoms with Crippen molar-refractivity contribution < 1.29 is 15.0 Å². The molecule has 0 radical (unpaired) electrons. The van der Waals surface area contributed by atoms with Gasteiger partial charge in [-0.15, -0.1) is 0 Å². The van der Waals surface area contributed by atoms with Crippen molar-refractivity contribution in [2.24, 2.45) is 5.73 Å². The van der Waals surface area contributed by atoms with Gasteiger partial charge in [0.2, 0.25) is 0 Å². The van der Waals surface area contributed by atoms with Crippen molar-refractivity contribution in [1.29, 1.82) is 0 Å². The van der Waals surface area contributed by atoms with Crippen molar-refractivity contribution in [3.63, 3.8) is 0 Å². The van der Waals surface area contributed by atoms with Crippen LogP contribution in [0.3, 0.4) is 0 Å². The lowest BCUT2D eigenvalue weighted by Crippen LogP contribution is -2.43. The van der Waals surface area contributed by atoms with Gasteiger partial charge in [-0.2, -0.15) is 0 Å². The predicted molar refractivity (Wildman–Crippen MR) is 31.8 cm³/mol. The number of aliphatic hydroxyl groups is 1. The molecule has 9 heavy (non-hydrogen) atoms. The summed E-state index contributed by atoms with van der Waals surface area (Å²) in [4.78, 5) is 10.1. The van der Waals surface area contributed by atoms with Crippen LogP contribution in [0, 0.1) is 0 Å². The maximum Gasteiger partial charge on any atom is 0.341 e. The summed E-state index contributed by atoms with van der Waals surface area (Å²) in [5.41, 5.74) is 2.96. The first-order valence-corrected chi connectivity index (χ1v) is 2.36. The molecule has 0 saturated carbocycles. The number of hydrogen-bond donors (Lipinski definition) is 3. The Labute approximate surface area is 52.6 Å². The fraction of sp³-hybridized carbons (Fsp3) is 0.400. The van der Waals surface area contributed by atoms with Gasteiger partial charge in [0.05, 0.1) is 0 Å². The Bertz CT molecular complexity index is 134. The van der Waals surface area contributed by atoms with Gasteiger partial charge in [-0.25, -0.2) is 4.79 Å². The first-order valence-electron chi connectivity index (χ1n) is 2.36. The summed E-state index contributed by atoms with van der Waals surface area (Å²) < 4.78 is 0. The molecule has 0 heterocycles. The van der Waals surface area contributed by atoms with Gasteiger partial charge >= 0.3 is 5.97 Å². The van der Waals surface area contributed by atoms with Crippen molar-refractivity contribution in [1.82, 2.24) is 0 Å². The maximum absolute atomic E-state index is 10.1. The second kappa shape index (κ2) is 2.61. The number of nitrogens with two attached hydrogens (primary N) is 1. The highest BCUT2D eigenvalue weighted by molar-refractivity contribution is 5.79. The summed E-state index contributed by atoms with van der Waals surface area (Å²) in [6.45, 7) is 2.76. The van der Waals surface area contributed by atoms with Gasteiger partial charge < -0.3 is 15.9 Å². The molecule has 0 aliphatic heterocycles. The van der Waals surface area contributed by atoms with Gasteiger partial charge in [-0.1, -0.05) is 6.58 Å². The molecule has 0 rings (SSSR count). The minimum atomic E-state index is -1.96. The molecule has 4 nitrogen and oxygen atoms in total. The lowest BCUT2D eigenvalue weighted by atomic mass is 10.1. The van der Waals surface area contributed by atoms with Crippen molar-refractivity contribution in [3.05, 3.63) is 12.7 Å². The Morgan fingerprint density at radius 1 is 1.89 bits per heavy atom. The number of carboxylic acids is 1. The van der Waals surface area contributed by atoms with Crippen LogP contribution in [0.4, 0.5) is 0 Å². The normalized spacial score (nSPS) is 16.2. The molecule has 0 fully saturated rings. The van der Waals surface area contributed by atoms with Gasteiger partial charge in [0.25, 0.3) is 0 Å². The lowest BCUT2D eigenvalue weighted by Gasteiger charge is -2.14. The predicted octanol–water partition coefficient (Wildman–Crippen LogP) is -1.05. The first kappa shape index (κ1) is 8.13. The minimum Gasteiger partial charge on any atom is -0.479 e. The molecule has 4 heteroatoms. The first-order chi connectivity index (χ1) is 4.06. The number of rotatable bonds is 3. The highest BCUT2D eigenvalue weighted by Gasteiger charge is 2.29. The van der Waals surface area contributed by atoms with E-state index in [2.05, 4.69) is 6.58 Å². The number of aliphatic carboxylic acids is 1. The SMILES string of the molecule is C=CC(O)(CN)C(=O)O. The average molecular weight is 131 g/mol. The van der Waals surface area contributed by atoms with Crippen molar-refractivity contribution in [3.8, 4) is 0 Å². The molecule has 4 N–H and O–H groups in total. The molecule has 0 amide bonds. The second-order valence-corrected chi connectivity index (χ2v) is 1.64. The van der Waals surface area contributed by atoms with Gasteiger partial charge in [0.15, 0.2) is 5.60 Å². The Morgan fingerprint density at radius 2 is 2.33 bits per heavy atom. The molecule has 0 aromatic heterocycles. The van der Waals surface area contributed by atoms with E-state index in [1.807, 2.05) is 0 Å². The summed E-state index contributed by atoms with van der Waals surface area (Å²) in [5, 5.41) is 17.1. The van der Waals surface area contributed by atoms with Crippen LogP contribution < -0.4 is 5.73 Å². The summed E-state index contributed by atoms with van der Waals surface area (Å²) in [7, 11) is 0. The quantitative estimate of drug-likeness (QED) is 0.426. The molecule has 0 aromatic carbocycles. The van der Waals surface area contributed by atoms with Crippen LogP contribution in [0.1, 0.15) is 0 Å². The largest absolute Gasteiger partial charge is 0.479 e. The summed E-state index contributed by atoms with van der Waals surface area (Å²) in [6.07, 6.45) is 0.898. The lowest BCUT2D eigenvalue weighted by molar-refractivity contribution is -0.152. The summed E-state index contributed by atoms with van der Waals surface area (Å²) in [5.74, 6) is -1.37. The standard InChI is InChI=1S/C5H9NO3/c1-2-5(9,3-6)4(7)8/h2,9H,1,3,6H2,(H,7,8). The zero-order chi connectivity index (χ0) is 7.49. The van der Waals surface area contributed by atoms with E-state index in [9.17, 15) is 4.79 Å². The van der Waals surface area contributed by atoms with Crippen molar-refractivity contribution in [2.75, 3.05) is 6.54 Å². The molecule has 0 aliphatic carbocycles. The van der Waals surface area contributed by atoms with E-state index in [0.29, 0.717) is 0 Å². The van der Waals surface area contributed by atoms with E-state index in [1.54, 1.807) is 0 Å². The Hall–Kier alpha value is -0.870. The van der Waals surface area contributed by atoms with E-state index in [-0.39, 0.29) is 6.54 Å². The third-order valence-corrected chi connectivity index (χ3v) is 1.02. The van der Waals surface area contributed by atoms with E-state index < -0.39 is 11.6 Å². The Kier molecular flexibility index (Phi) is 2.36. The second-order valence-electron chi connectivity index (χ2n) is 1.64. The number of carbonyl (C=O) groups is 1. The molecule has 0 spiro atoms. The third kappa shape index (κ3) is 1.51.